The van der Waals surface area contributed by atoms with E-state index < -0.39 is 6.61 Å². The topological polar surface area (TPSA) is 30.5 Å². The van der Waals surface area contributed by atoms with Crippen LogP contribution in [-0.4, -0.2) is 27.3 Å². The Hall–Kier alpha value is -1.62. The van der Waals surface area contributed by atoms with Gasteiger partial charge in [-0.2, -0.15) is 8.78 Å². The van der Waals surface area contributed by atoms with Crippen molar-refractivity contribution in [1.29, 1.82) is 0 Å². The summed E-state index contributed by atoms with van der Waals surface area (Å²) in [7, 11) is 3.27. The summed E-state index contributed by atoms with van der Waals surface area (Å²) in [5, 5.41) is 3.04. The highest BCUT2D eigenvalue weighted by Gasteiger charge is 2.14. The first-order chi connectivity index (χ1) is 9.12. The van der Waals surface area contributed by atoms with Crippen LogP contribution in [0.25, 0.3) is 6.08 Å². The Bertz CT molecular complexity index is 433. The molecule has 1 N–H and O–H groups in total. The van der Waals surface area contributed by atoms with E-state index >= 15 is 0 Å². The van der Waals surface area contributed by atoms with Gasteiger partial charge in [-0.25, -0.2) is 0 Å². The number of methoxy groups -OCH3 is 1. The minimum absolute atomic E-state index is 0.0713. The molecule has 1 aromatic carbocycles. The number of hydrogen-bond donors (Lipinski definition) is 1. The number of likely N-dealkylation sites (N-methyl/N-ethyl adjacent to an activating group) is 1. The molecule has 0 aliphatic carbocycles. The van der Waals surface area contributed by atoms with Gasteiger partial charge >= 0.3 is 6.61 Å². The second-order valence-corrected chi connectivity index (χ2v) is 3.94. The number of alkyl halides is 2. The van der Waals surface area contributed by atoms with Gasteiger partial charge in [0, 0.05) is 12.1 Å². The molecule has 0 bridgehead atoms. The molecule has 3 nitrogen and oxygen atoms in total. The average Bonchev–Trinajstić information content (AvgIpc) is 2.39. The molecule has 0 aliphatic heterocycles. The first-order valence-corrected chi connectivity index (χ1v) is 6.08. The van der Waals surface area contributed by atoms with Crippen molar-refractivity contribution in [2.75, 3.05) is 20.7 Å². The zero-order chi connectivity index (χ0) is 14.3. The lowest BCUT2D eigenvalue weighted by molar-refractivity contribution is -0.0513. The summed E-state index contributed by atoms with van der Waals surface area (Å²) in [5.41, 5.74) is 1.68. The van der Waals surface area contributed by atoms with Crippen molar-refractivity contribution in [2.24, 2.45) is 0 Å². The second kappa shape index (κ2) is 7.74. The Balaban J connectivity index is 3.17. The molecular formula is C14H19F2NO2. The zero-order valence-corrected chi connectivity index (χ0v) is 11.4. The molecule has 0 aliphatic rings. The lowest BCUT2D eigenvalue weighted by atomic mass is 10.1. The predicted molar refractivity (Wildman–Crippen MR) is 71.8 cm³/mol. The molecule has 0 amide bonds. The lowest BCUT2D eigenvalue weighted by Gasteiger charge is -2.13. The zero-order valence-electron chi connectivity index (χ0n) is 11.4. The Morgan fingerprint density at radius 3 is 2.68 bits per heavy atom. The number of benzene rings is 1. The van der Waals surface area contributed by atoms with Crippen molar-refractivity contribution in [3.63, 3.8) is 0 Å². The van der Waals surface area contributed by atoms with E-state index in [1.165, 1.54) is 7.11 Å². The normalized spacial score (nSPS) is 11.8. The van der Waals surface area contributed by atoms with E-state index in [0.717, 1.165) is 12.0 Å². The van der Waals surface area contributed by atoms with Crippen molar-refractivity contribution < 1.29 is 18.3 Å². The molecule has 0 saturated heterocycles. The standard InChI is InChI=1S/C14H19F2NO2/c1-4-10(9-17-2)8-11-6-5-7-12(18-3)13(11)19-14(15)16/h5-8,14,17H,4,9H2,1-3H3. The Morgan fingerprint density at radius 1 is 1.42 bits per heavy atom. The van der Waals surface area contributed by atoms with Crippen LogP contribution in [0.15, 0.2) is 23.8 Å². The summed E-state index contributed by atoms with van der Waals surface area (Å²) >= 11 is 0. The number of halogens is 2. The van der Waals surface area contributed by atoms with Gasteiger partial charge in [-0.05, 0) is 19.5 Å². The minimum Gasteiger partial charge on any atom is -0.493 e. The Labute approximate surface area is 112 Å². The van der Waals surface area contributed by atoms with Crippen molar-refractivity contribution >= 4 is 6.08 Å². The van der Waals surface area contributed by atoms with Gasteiger partial charge in [0.15, 0.2) is 11.5 Å². The van der Waals surface area contributed by atoms with E-state index in [1.54, 1.807) is 18.2 Å². The highest BCUT2D eigenvalue weighted by molar-refractivity contribution is 5.64. The van der Waals surface area contributed by atoms with E-state index in [0.29, 0.717) is 17.9 Å². The third-order valence-electron chi connectivity index (χ3n) is 2.65. The predicted octanol–water partition coefficient (Wildman–Crippen LogP) is 3.31. The third-order valence-corrected chi connectivity index (χ3v) is 2.65. The largest absolute Gasteiger partial charge is 0.493 e. The summed E-state index contributed by atoms with van der Waals surface area (Å²) in [6.07, 6.45) is 2.67. The van der Waals surface area contributed by atoms with Gasteiger partial charge in [0.2, 0.25) is 0 Å². The van der Waals surface area contributed by atoms with Gasteiger partial charge < -0.3 is 14.8 Å². The van der Waals surface area contributed by atoms with Crippen molar-refractivity contribution in [1.82, 2.24) is 5.32 Å². The minimum atomic E-state index is -2.88. The fourth-order valence-electron chi connectivity index (χ4n) is 1.75. The molecule has 1 rings (SSSR count). The smallest absolute Gasteiger partial charge is 0.387 e. The lowest BCUT2D eigenvalue weighted by Crippen LogP contribution is -2.10. The molecule has 106 valence electrons. The molecule has 5 heteroatoms. The number of rotatable bonds is 7. The highest BCUT2D eigenvalue weighted by Crippen LogP contribution is 2.34. The first-order valence-electron chi connectivity index (χ1n) is 6.08. The van der Waals surface area contributed by atoms with E-state index in [-0.39, 0.29) is 5.75 Å². The number of hydrogen-bond acceptors (Lipinski definition) is 3. The van der Waals surface area contributed by atoms with Gasteiger partial charge in [0.25, 0.3) is 0 Å². The van der Waals surface area contributed by atoms with Crippen molar-refractivity contribution in [3.05, 3.63) is 29.3 Å². The molecule has 0 saturated carbocycles. The molecule has 0 spiro atoms. The fourth-order valence-corrected chi connectivity index (χ4v) is 1.75. The van der Waals surface area contributed by atoms with Crippen LogP contribution in [0, 0.1) is 0 Å². The van der Waals surface area contributed by atoms with E-state index in [4.69, 9.17) is 4.74 Å². The Morgan fingerprint density at radius 2 is 2.16 bits per heavy atom. The number of ether oxygens (including phenoxy) is 2. The van der Waals surface area contributed by atoms with Crippen LogP contribution in [0.1, 0.15) is 18.9 Å². The van der Waals surface area contributed by atoms with Gasteiger partial charge in [-0.3, -0.25) is 0 Å². The first kappa shape index (κ1) is 15.4. The maximum atomic E-state index is 12.5. The quantitative estimate of drug-likeness (QED) is 0.825. The summed E-state index contributed by atoms with van der Waals surface area (Å²) in [4.78, 5) is 0. The van der Waals surface area contributed by atoms with Crippen LogP contribution in [0.2, 0.25) is 0 Å². The molecular weight excluding hydrogens is 252 g/mol. The van der Waals surface area contributed by atoms with E-state index in [9.17, 15) is 8.78 Å². The summed E-state index contributed by atoms with van der Waals surface area (Å²) < 4.78 is 34.6. The summed E-state index contributed by atoms with van der Waals surface area (Å²) in [6.45, 7) is -0.170. The molecule has 0 heterocycles. The summed E-state index contributed by atoms with van der Waals surface area (Å²) in [6, 6.07) is 5.07. The Kier molecular flexibility index (Phi) is 6.29. The van der Waals surface area contributed by atoms with Gasteiger partial charge in [-0.15, -0.1) is 0 Å². The van der Waals surface area contributed by atoms with Gasteiger partial charge in [0.1, 0.15) is 0 Å². The molecule has 19 heavy (non-hydrogen) atoms. The van der Waals surface area contributed by atoms with Gasteiger partial charge in [-0.1, -0.05) is 30.7 Å². The van der Waals surface area contributed by atoms with Crippen LogP contribution >= 0.6 is 0 Å². The molecule has 0 radical (unpaired) electrons. The van der Waals surface area contributed by atoms with Crippen LogP contribution in [0.5, 0.6) is 11.5 Å². The molecule has 0 unspecified atom stereocenters. The van der Waals surface area contributed by atoms with Crippen LogP contribution in [-0.2, 0) is 0 Å². The fraction of sp³-hybridized carbons (Fsp3) is 0.429. The summed E-state index contributed by atoms with van der Waals surface area (Å²) in [5.74, 6) is 0.371. The maximum Gasteiger partial charge on any atom is 0.387 e. The average molecular weight is 271 g/mol. The third kappa shape index (κ3) is 4.52. The molecule has 0 fully saturated rings. The van der Waals surface area contributed by atoms with Crippen LogP contribution in [0.3, 0.4) is 0 Å². The van der Waals surface area contributed by atoms with Crippen LogP contribution < -0.4 is 14.8 Å². The monoisotopic (exact) mass is 271 g/mol. The second-order valence-electron chi connectivity index (χ2n) is 3.94. The van der Waals surface area contributed by atoms with E-state index in [1.807, 2.05) is 20.0 Å². The molecule has 0 atom stereocenters. The highest BCUT2D eigenvalue weighted by atomic mass is 19.3. The van der Waals surface area contributed by atoms with E-state index in [2.05, 4.69) is 10.1 Å². The maximum absolute atomic E-state index is 12.5. The molecule has 1 aromatic rings. The van der Waals surface area contributed by atoms with Crippen molar-refractivity contribution in [3.8, 4) is 11.5 Å². The van der Waals surface area contributed by atoms with Gasteiger partial charge in [0.05, 0.1) is 7.11 Å². The molecule has 0 aromatic heterocycles. The number of nitrogens with one attached hydrogen (secondary N) is 1. The van der Waals surface area contributed by atoms with Crippen molar-refractivity contribution in [2.45, 2.75) is 20.0 Å². The van der Waals surface area contributed by atoms with Crippen LogP contribution in [0.4, 0.5) is 8.78 Å². The SMILES string of the molecule is CCC(=Cc1cccc(OC)c1OC(F)F)CNC. The number of para-hydroxylation sites is 1.